The van der Waals surface area contributed by atoms with Crippen LogP contribution in [-0.2, 0) is 0 Å². The van der Waals surface area contributed by atoms with Gasteiger partial charge in [-0.25, -0.2) is 4.98 Å². The lowest BCUT2D eigenvalue weighted by Crippen LogP contribution is -2.05. The Labute approximate surface area is 34.1 Å². The summed E-state index contributed by atoms with van der Waals surface area (Å²) in [7, 11) is 0. The molecule has 0 radical (unpaired) electrons. The third kappa shape index (κ3) is 0.0718. The third-order valence-corrected chi connectivity index (χ3v) is 0.791. The summed E-state index contributed by atoms with van der Waals surface area (Å²) in [5, 5.41) is 7.14. The molecule has 0 amide bonds. The number of fused-ring (bicyclic) bond motifs is 1. The van der Waals surface area contributed by atoms with E-state index >= 15 is 0 Å². The van der Waals surface area contributed by atoms with Crippen LogP contribution in [0.15, 0.2) is 6.20 Å². The van der Waals surface area contributed by atoms with Gasteiger partial charge in [-0.1, -0.05) is 0 Å². The maximum Gasteiger partial charge on any atom is 0.203 e. The van der Waals surface area contributed by atoms with Crippen molar-refractivity contribution in [1.29, 1.82) is 0 Å². The largest absolute Gasteiger partial charge is 0.231 e. The fraction of sp³-hybridized carbons (Fsp3) is 0. The van der Waals surface area contributed by atoms with E-state index in [0.717, 1.165) is 11.5 Å². The number of nitrogens with zero attached hydrogens (tertiary/aromatic N) is 3. The van der Waals surface area contributed by atoms with E-state index in [1.165, 1.54) is 0 Å². The summed E-state index contributed by atoms with van der Waals surface area (Å²) in [5.41, 5.74) is 0.954. The lowest BCUT2D eigenvalue weighted by atomic mass is 10.3. The lowest BCUT2D eigenvalue weighted by Gasteiger charge is -2.03. The third-order valence-electron chi connectivity index (χ3n) is 0.791. The molecule has 0 fully saturated rings. The molecule has 0 aromatic heterocycles. The molecule has 0 atom stereocenters. The van der Waals surface area contributed by atoms with Crippen molar-refractivity contribution in [3.05, 3.63) is 6.20 Å². The second-order valence-electron chi connectivity index (χ2n) is 1.17. The van der Waals surface area contributed by atoms with Gasteiger partial charge in [0.25, 0.3) is 0 Å². The van der Waals surface area contributed by atoms with Gasteiger partial charge in [0.15, 0.2) is 5.69 Å². The van der Waals surface area contributed by atoms with Crippen molar-refractivity contribution >= 4 is 0 Å². The molecule has 0 aliphatic carbocycles. The maximum atomic E-state index is 3.73. The Balaban J connectivity index is 2.95. The van der Waals surface area contributed by atoms with Gasteiger partial charge in [0.1, 0.15) is 0 Å². The lowest BCUT2D eigenvalue weighted by molar-refractivity contribution is 0.882. The molecule has 0 aromatic carbocycles. The van der Waals surface area contributed by atoms with E-state index in [0.29, 0.717) is 0 Å². The van der Waals surface area contributed by atoms with Crippen molar-refractivity contribution in [3.63, 3.8) is 0 Å². The molecule has 3 nitrogen and oxygen atoms in total. The van der Waals surface area contributed by atoms with E-state index in [1.54, 1.807) is 6.20 Å². The Hall–Kier alpha value is -0.990. The van der Waals surface area contributed by atoms with Crippen LogP contribution in [0.3, 0.4) is 0 Å². The van der Waals surface area contributed by atoms with Gasteiger partial charge in [-0.05, 0) is 0 Å². The molecule has 2 rings (SSSR count). The van der Waals surface area contributed by atoms with Crippen molar-refractivity contribution in [2.75, 3.05) is 0 Å². The van der Waals surface area contributed by atoms with Crippen LogP contribution in [0.5, 0.6) is 0 Å². The molecule has 0 spiro atoms. The number of rotatable bonds is 0. The minimum Gasteiger partial charge on any atom is -0.231 e. The summed E-state index contributed by atoms with van der Waals surface area (Å²) in [6.45, 7) is 0. The van der Waals surface area contributed by atoms with Crippen molar-refractivity contribution in [1.82, 2.24) is 15.2 Å². The van der Waals surface area contributed by atoms with Crippen LogP contribution in [0.25, 0.3) is 11.5 Å². The molecule has 0 unspecified atom stereocenters. The molecule has 0 bridgehead atoms. The second kappa shape index (κ2) is 0.448. The molecule has 0 N–H and O–H groups in total. The summed E-state index contributed by atoms with van der Waals surface area (Å²) < 4.78 is 0. The van der Waals surface area contributed by atoms with E-state index in [9.17, 15) is 0 Å². The average Bonchev–Trinajstić information content (AvgIpc) is 1.54. The molecule has 2 heterocycles. The number of hydrogen-bond donors (Lipinski definition) is 0. The Morgan fingerprint density at radius 1 is 1.33 bits per heavy atom. The molecule has 2 aliphatic heterocycles. The maximum absolute atomic E-state index is 3.73. The number of aromatic nitrogens is 3. The molecule has 0 aromatic rings. The zero-order chi connectivity index (χ0) is 3.98. The highest BCUT2D eigenvalue weighted by atomic mass is 15.2. The zero-order valence-corrected chi connectivity index (χ0v) is 2.92. The monoisotopic (exact) mass is 79.0 g/mol. The second-order valence-corrected chi connectivity index (χ2v) is 1.17. The molecular weight excluding hydrogens is 78.1 g/mol. The first kappa shape index (κ1) is 2.23. The highest BCUT2D eigenvalue weighted by Crippen LogP contribution is 2.15. The summed E-state index contributed by atoms with van der Waals surface area (Å²) in [6.07, 6.45) is 1.70. The van der Waals surface area contributed by atoms with Gasteiger partial charge in [-0.15, -0.1) is 10.2 Å². The summed E-state index contributed by atoms with van der Waals surface area (Å²) in [4.78, 5) is 3.73. The first-order valence-corrected chi connectivity index (χ1v) is 1.67. The SMILES string of the molecule is c1nc2nnc1-2. The molecule has 2 aliphatic rings. The average molecular weight is 79.1 g/mol. The van der Waals surface area contributed by atoms with Gasteiger partial charge in [-0.3, -0.25) is 0 Å². The van der Waals surface area contributed by atoms with Crippen LogP contribution in [0, 0.1) is 0 Å². The summed E-state index contributed by atoms with van der Waals surface area (Å²) in [6, 6.07) is 0. The number of hydrogen-bond acceptors (Lipinski definition) is 3. The van der Waals surface area contributed by atoms with Crippen LogP contribution in [0.4, 0.5) is 0 Å². The van der Waals surface area contributed by atoms with Gasteiger partial charge in [0, 0.05) is 0 Å². The molecule has 28 valence electrons. The molecule has 0 saturated carbocycles. The summed E-state index contributed by atoms with van der Waals surface area (Å²) >= 11 is 0. The highest BCUT2D eigenvalue weighted by molar-refractivity contribution is 5.53. The van der Waals surface area contributed by atoms with Crippen LogP contribution >= 0.6 is 0 Å². The van der Waals surface area contributed by atoms with E-state index in [1.807, 2.05) is 0 Å². The van der Waals surface area contributed by atoms with Crippen molar-refractivity contribution in [3.8, 4) is 11.5 Å². The van der Waals surface area contributed by atoms with Gasteiger partial charge in [0.05, 0.1) is 6.20 Å². The first-order valence-electron chi connectivity index (χ1n) is 1.67. The van der Waals surface area contributed by atoms with Crippen molar-refractivity contribution in [2.24, 2.45) is 0 Å². The Kier molecular flexibility index (Phi) is 0.166. The van der Waals surface area contributed by atoms with Crippen molar-refractivity contribution in [2.45, 2.75) is 0 Å². The van der Waals surface area contributed by atoms with Crippen LogP contribution in [0.2, 0.25) is 0 Å². The predicted octanol–water partition coefficient (Wildman–Crippen LogP) is -0.148. The molecule has 6 heavy (non-hydrogen) atoms. The van der Waals surface area contributed by atoms with Gasteiger partial charge in [0.2, 0.25) is 5.82 Å². The smallest absolute Gasteiger partial charge is 0.203 e. The van der Waals surface area contributed by atoms with E-state index < -0.39 is 0 Å². The predicted molar refractivity (Wildman–Crippen MR) is 18.8 cm³/mol. The summed E-state index contributed by atoms with van der Waals surface area (Å²) in [5.74, 6) is 0.815. The normalized spacial score (nSPS) is 11.3. The quantitative estimate of drug-likeness (QED) is 0.441. The van der Waals surface area contributed by atoms with Crippen LogP contribution in [-0.4, -0.2) is 15.2 Å². The topological polar surface area (TPSA) is 38.7 Å². The van der Waals surface area contributed by atoms with E-state index in [-0.39, 0.29) is 0 Å². The molecule has 3 heteroatoms. The minimum absolute atomic E-state index is 0.815. The first-order chi connectivity index (χ1) is 2.97. The van der Waals surface area contributed by atoms with E-state index in [2.05, 4.69) is 15.2 Å². The molecule has 0 saturated heterocycles. The standard InChI is InChI=1S/C3HN3/c1-2-3(4-1)6-5-2/h1H. The van der Waals surface area contributed by atoms with E-state index in [4.69, 9.17) is 0 Å². The Morgan fingerprint density at radius 3 is 2.17 bits per heavy atom. The molecular formula is C3HN3. The van der Waals surface area contributed by atoms with Gasteiger partial charge >= 0.3 is 0 Å². The Bertz CT molecular complexity index is 145. The van der Waals surface area contributed by atoms with Crippen molar-refractivity contribution < 1.29 is 0 Å². The fourth-order valence-corrected chi connectivity index (χ4v) is 0.384. The van der Waals surface area contributed by atoms with Gasteiger partial charge < -0.3 is 0 Å². The Morgan fingerprint density at radius 2 is 2.17 bits per heavy atom. The van der Waals surface area contributed by atoms with Crippen LogP contribution in [0.1, 0.15) is 0 Å². The zero-order valence-electron chi connectivity index (χ0n) is 2.92. The highest BCUT2D eigenvalue weighted by Gasteiger charge is 2.12. The van der Waals surface area contributed by atoms with Crippen LogP contribution < -0.4 is 0 Å². The fourth-order valence-electron chi connectivity index (χ4n) is 0.384. The minimum atomic E-state index is 0.815. The van der Waals surface area contributed by atoms with Gasteiger partial charge in [-0.2, -0.15) is 0 Å².